The third kappa shape index (κ3) is 5.13. The number of benzene rings is 1. The van der Waals surface area contributed by atoms with E-state index in [1.165, 1.54) is 38.6 Å². The Balaban J connectivity index is 1.08. The smallest absolute Gasteiger partial charge is 0.255 e. The number of hydrogen-bond acceptors (Lipinski definition) is 6. The molecule has 1 N–H and O–H groups in total. The molecular weight excluding hydrogens is 432 g/mol. The zero-order chi connectivity index (χ0) is 23.5. The van der Waals surface area contributed by atoms with Crippen LogP contribution in [0.2, 0.25) is 0 Å². The Morgan fingerprint density at radius 1 is 0.971 bits per heavy atom. The van der Waals surface area contributed by atoms with Crippen LogP contribution in [-0.4, -0.2) is 84.3 Å². The van der Waals surface area contributed by atoms with Gasteiger partial charge in [0.1, 0.15) is 18.4 Å². The molecule has 1 saturated carbocycles. The summed E-state index contributed by atoms with van der Waals surface area (Å²) in [5.74, 6) is 0.897. The lowest BCUT2D eigenvalue weighted by Gasteiger charge is -2.35. The molecule has 1 atom stereocenters. The van der Waals surface area contributed by atoms with Crippen molar-refractivity contribution in [2.24, 2.45) is 5.92 Å². The highest BCUT2D eigenvalue weighted by molar-refractivity contribution is 6.05. The molecule has 3 aliphatic heterocycles. The zero-order valence-electron chi connectivity index (χ0n) is 20.0. The van der Waals surface area contributed by atoms with Gasteiger partial charge in [0.05, 0.1) is 6.54 Å². The third-order valence-corrected chi connectivity index (χ3v) is 7.98. The number of imide groups is 1. The Morgan fingerprint density at radius 3 is 2.44 bits per heavy atom. The van der Waals surface area contributed by atoms with Crippen LogP contribution in [0.4, 0.5) is 0 Å². The number of rotatable bonds is 9. The molecule has 0 aromatic heterocycles. The minimum absolute atomic E-state index is 0.164. The summed E-state index contributed by atoms with van der Waals surface area (Å²) < 4.78 is 6.13. The molecule has 3 amide bonds. The van der Waals surface area contributed by atoms with Gasteiger partial charge in [-0.15, -0.1) is 0 Å². The van der Waals surface area contributed by atoms with Crippen LogP contribution in [0.1, 0.15) is 60.9 Å². The van der Waals surface area contributed by atoms with Gasteiger partial charge in [-0.2, -0.15) is 0 Å². The SMILES string of the molecule is O=C1CCC(N2Cc3c(OCCN4CCN(CCCC5CCC5)CC4)cccc3C2=O)C(=O)N1. The number of carbonyl (C=O) groups is 3. The van der Waals surface area contributed by atoms with Crippen LogP contribution in [0.15, 0.2) is 18.2 Å². The first-order valence-corrected chi connectivity index (χ1v) is 12.9. The van der Waals surface area contributed by atoms with E-state index in [0.717, 1.165) is 50.0 Å². The quantitative estimate of drug-likeness (QED) is 0.559. The highest BCUT2D eigenvalue weighted by atomic mass is 16.5. The monoisotopic (exact) mass is 468 g/mol. The number of piperidine rings is 1. The average molecular weight is 469 g/mol. The molecule has 1 aromatic rings. The van der Waals surface area contributed by atoms with Crippen LogP contribution < -0.4 is 10.1 Å². The summed E-state index contributed by atoms with van der Waals surface area (Å²) in [5, 5.41) is 2.35. The third-order valence-electron chi connectivity index (χ3n) is 7.98. The first-order chi connectivity index (χ1) is 16.6. The minimum atomic E-state index is -0.601. The van der Waals surface area contributed by atoms with Crippen molar-refractivity contribution in [3.05, 3.63) is 29.3 Å². The molecule has 0 spiro atoms. The van der Waals surface area contributed by atoms with Crippen LogP contribution in [0.5, 0.6) is 5.75 Å². The van der Waals surface area contributed by atoms with Crippen molar-refractivity contribution in [2.75, 3.05) is 45.9 Å². The molecule has 4 aliphatic rings. The number of carbonyl (C=O) groups excluding carboxylic acids is 3. The Morgan fingerprint density at radius 2 is 1.74 bits per heavy atom. The van der Waals surface area contributed by atoms with E-state index < -0.39 is 6.04 Å². The van der Waals surface area contributed by atoms with Crippen LogP contribution in [-0.2, 0) is 16.1 Å². The second kappa shape index (κ2) is 10.4. The maximum Gasteiger partial charge on any atom is 0.255 e. The number of ether oxygens (including phenoxy) is 1. The lowest BCUT2D eigenvalue weighted by Crippen LogP contribution is -2.52. The van der Waals surface area contributed by atoms with E-state index in [0.29, 0.717) is 25.1 Å². The molecule has 8 nitrogen and oxygen atoms in total. The maximum absolute atomic E-state index is 13.0. The van der Waals surface area contributed by atoms with Crippen molar-refractivity contribution in [1.29, 1.82) is 0 Å². The normalized spacial score (nSPS) is 24.2. The predicted molar refractivity (Wildman–Crippen MR) is 127 cm³/mol. The van der Waals surface area contributed by atoms with Gasteiger partial charge in [0, 0.05) is 50.3 Å². The lowest BCUT2D eigenvalue weighted by molar-refractivity contribution is -0.136. The van der Waals surface area contributed by atoms with Crippen LogP contribution in [0.25, 0.3) is 0 Å². The highest BCUT2D eigenvalue weighted by Crippen LogP contribution is 2.33. The van der Waals surface area contributed by atoms with Gasteiger partial charge in [0.25, 0.3) is 5.91 Å². The summed E-state index contributed by atoms with van der Waals surface area (Å²) in [6.07, 6.45) is 7.69. The number of piperazine rings is 1. The molecule has 184 valence electrons. The molecule has 3 fully saturated rings. The van der Waals surface area contributed by atoms with E-state index in [4.69, 9.17) is 4.74 Å². The zero-order valence-corrected chi connectivity index (χ0v) is 20.0. The van der Waals surface area contributed by atoms with E-state index in [-0.39, 0.29) is 24.1 Å². The maximum atomic E-state index is 13.0. The summed E-state index contributed by atoms with van der Waals surface area (Å²) in [5.41, 5.74) is 1.44. The standard InChI is InChI=1S/C26H36N4O4/c31-24-10-9-22(25(32)27-24)30-18-21-20(26(30)33)7-2-8-23(21)34-17-16-29-14-12-28(13-15-29)11-3-6-19-4-1-5-19/h2,7-8,19,22H,1,3-6,9-18H2,(H,27,31,32). The molecular formula is C26H36N4O4. The molecule has 1 aromatic carbocycles. The average Bonchev–Trinajstić information content (AvgIpc) is 3.14. The first-order valence-electron chi connectivity index (χ1n) is 12.9. The molecule has 3 heterocycles. The number of amides is 3. The number of nitrogens with one attached hydrogen (secondary N) is 1. The molecule has 5 rings (SSSR count). The molecule has 0 radical (unpaired) electrons. The van der Waals surface area contributed by atoms with Gasteiger partial charge in [0.15, 0.2) is 0 Å². The van der Waals surface area contributed by atoms with Crippen molar-refractivity contribution in [2.45, 2.75) is 57.5 Å². The summed E-state index contributed by atoms with van der Waals surface area (Å²) in [4.78, 5) is 43.3. The summed E-state index contributed by atoms with van der Waals surface area (Å²) >= 11 is 0. The minimum Gasteiger partial charge on any atom is -0.492 e. The van der Waals surface area contributed by atoms with Gasteiger partial charge >= 0.3 is 0 Å². The van der Waals surface area contributed by atoms with Crippen LogP contribution in [0.3, 0.4) is 0 Å². The second-order valence-electron chi connectivity index (χ2n) is 10.2. The number of nitrogens with zero attached hydrogens (tertiary/aromatic N) is 3. The topological polar surface area (TPSA) is 82.2 Å². The van der Waals surface area contributed by atoms with E-state index in [9.17, 15) is 14.4 Å². The van der Waals surface area contributed by atoms with Crippen molar-refractivity contribution in [1.82, 2.24) is 20.0 Å². The van der Waals surface area contributed by atoms with Crippen LogP contribution in [0, 0.1) is 5.92 Å². The Bertz CT molecular complexity index is 923. The van der Waals surface area contributed by atoms with Crippen molar-refractivity contribution < 1.29 is 19.1 Å². The van der Waals surface area contributed by atoms with Crippen LogP contribution >= 0.6 is 0 Å². The van der Waals surface area contributed by atoms with Gasteiger partial charge in [-0.05, 0) is 43.9 Å². The highest BCUT2D eigenvalue weighted by Gasteiger charge is 2.40. The Labute approximate surface area is 201 Å². The Kier molecular flexibility index (Phi) is 7.15. The van der Waals surface area contributed by atoms with E-state index in [1.807, 2.05) is 12.1 Å². The predicted octanol–water partition coefficient (Wildman–Crippen LogP) is 2.02. The van der Waals surface area contributed by atoms with Gasteiger partial charge < -0.3 is 14.5 Å². The second-order valence-corrected chi connectivity index (χ2v) is 10.2. The van der Waals surface area contributed by atoms with E-state index in [1.54, 1.807) is 11.0 Å². The molecule has 0 bridgehead atoms. The fraction of sp³-hybridized carbons (Fsp3) is 0.654. The lowest BCUT2D eigenvalue weighted by atomic mass is 9.82. The van der Waals surface area contributed by atoms with Gasteiger partial charge in [0.2, 0.25) is 11.8 Å². The Hall–Kier alpha value is -2.45. The van der Waals surface area contributed by atoms with Crippen molar-refractivity contribution in [3.8, 4) is 5.75 Å². The van der Waals surface area contributed by atoms with Crippen molar-refractivity contribution >= 4 is 17.7 Å². The van der Waals surface area contributed by atoms with E-state index >= 15 is 0 Å². The molecule has 1 unspecified atom stereocenters. The van der Waals surface area contributed by atoms with Gasteiger partial charge in [-0.1, -0.05) is 25.3 Å². The number of hydrogen-bond donors (Lipinski definition) is 1. The molecule has 1 aliphatic carbocycles. The number of fused-ring (bicyclic) bond motifs is 1. The largest absolute Gasteiger partial charge is 0.492 e. The molecule has 2 saturated heterocycles. The molecule has 34 heavy (non-hydrogen) atoms. The summed E-state index contributed by atoms with van der Waals surface area (Å²) in [6, 6.07) is 4.93. The van der Waals surface area contributed by atoms with Crippen molar-refractivity contribution in [3.63, 3.8) is 0 Å². The fourth-order valence-corrected chi connectivity index (χ4v) is 5.60. The first kappa shape index (κ1) is 23.3. The fourth-order valence-electron chi connectivity index (χ4n) is 5.60. The van der Waals surface area contributed by atoms with Gasteiger partial charge in [-0.3, -0.25) is 24.6 Å². The summed E-state index contributed by atoms with van der Waals surface area (Å²) in [7, 11) is 0. The molecule has 8 heteroatoms. The summed E-state index contributed by atoms with van der Waals surface area (Å²) in [6.45, 7) is 7.41. The van der Waals surface area contributed by atoms with E-state index in [2.05, 4.69) is 15.1 Å². The van der Waals surface area contributed by atoms with Gasteiger partial charge in [-0.25, -0.2) is 0 Å².